The van der Waals surface area contributed by atoms with E-state index < -0.39 is 30.3 Å². The number of anilines is 1. The van der Waals surface area contributed by atoms with E-state index in [2.05, 4.69) is 16.2 Å². The van der Waals surface area contributed by atoms with E-state index in [1.807, 2.05) is 0 Å². The minimum absolute atomic E-state index is 0.220. The third-order valence-electron chi connectivity index (χ3n) is 3.95. The summed E-state index contributed by atoms with van der Waals surface area (Å²) in [5, 5.41) is 2.56. The Bertz CT molecular complexity index is 932. The molecule has 0 fully saturated rings. The minimum atomic E-state index is -0.735. The van der Waals surface area contributed by atoms with Gasteiger partial charge in [0.2, 0.25) is 5.91 Å². The molecular formula is C21H23N3O7. The Kier molecular flexibility index (Phi) is 8.84. The van der Waals surface area contributed by atoms with Crippen LogP contribution in [-0.2, 0) is 19.1 Å². The maximum Gasteiger partial charge on any atom is 0.306 e. The quantitative estimate of drug-likeness (QED) is 0.406. The van der Waals surface area contributed by atoms with Crippen molar-refractivity contribution in [3.63, 3.8) is 0 Å². The first-order chi connectivity index (χ1) is 14.9. The lowest BCUT2D eigenvalue weighted by Gasteiger charge is -2.12. The highest BCUT2D eigenvalue weighted by atomic mass is 16.5. The average Bonchev–Trinajstić information content (AvgIpc) is 2.80. The molecule has 31 heavy (non-hydrogen) atoms. The molecule has 0 heterocycles. The Morgan fingerprint density at radius 3 is 2.26 bits per heavy atom. The van der Waals surface area contributed by atoms with Gasteiger partial charge in [-0.1, -0.05) is 18.2 Å². The average molecular weight is 429 g/mol. The van der Waals surface area contributed by atoms with Crippen molar-refractivity contribution in [2.75, 3.05) is 26.1 Å². The molecule has 0 aliphatic carbocycles. The van der Waals surface area contributed by atoms with Crippen molar-refractivity contribution in [2.45, 2.75) is 12.8 Å². The number of hydrazine groups is 1. The molecule has 0 saturated heterocycles. The summed E-state index contributed by atoms with van der Waals surface area (Å²) in [7, 11) is 2.95. The predicted octanol–water partition coefficient (Wildman–Crippen LogP) is 1.43. The van der Waals surface area contributed by atoms with Crippen LogP contribution in [0.1, 0.15) is 23.2 Å². The number of amides is 3. The minimum Gasteiger partial charge on any atom is -0.497 e. The van der Waals surface area contributed by atoms with Crippen LogP contribution in [0.5, 0.6) is 11.5 Å². The summed E-state index contributed by atoms with van der Waals surface area (Å²) < 4.78 is 15.1. The standard InChI is InChI=1S/C21H23N3O7/c1-29-15-8-9-16(17(12-15)30-2)22-19(26)13-31-20(27)11-10-18(25)23-24-21(28)14-6-4-3-5-7-14/h3-9,12H,10-11,13H2,1-2H3,(H,22,26)(H,23,25)(H,24,28). The van der Waals surface area contributed by atoms with Gasteiger partial charge in [0.1, 0.15) is 11.5 Å². The highest BCUT2D eigenvalue weighted by Gasteiger charge is 2.13. The molecule has 0 aromatic heterocycles. The number of hydrogen-bond donors (Lipinski definition) is 3. The lowest BCUT2D eigenvalue weighted by atomic mass is 10.2. The molecule has 0 saturated carbocycles. The molecule has 10 heteroatoms. The third-order valence-corrected chi connectivity index (χ3v) is 3.95. The van der Waals surface area contributed by atoms with Gasteiger partial charge in [-0.2, -0.15) is 0 Å². The Morgan fingerprint density at radius 1 is 0.839 bits per heavy atom. The summed E-state index contributed by atoms with van der Waals surface area (Å²) >= 11 is 0. The maximum absolute atomic E-state index is 12.0. The molecule has 10 nitrogen and oxygen atoms in total. The van der Waals surface area contributed by atoms with Crippen LogP contribution < -0.4 is 25.6 Å². The number of rotatable bonds is 9. The Morgan fingerprint density at radius 2 is 1.58 bits per heavy atom. The van der Waals surface area contributed by atoms with Crippen LogP contribution in [0.4, 0.5) is 5.69 Å². The van der Waals surface area contributed by atoms with Crippen LogP contribution in [0.15, 0.2) is 48.5 Å². The number of carbonyl (C=O) groups excluding carboxylic acids is 4. The normalized spacial score (nSPS) is 9.87. The van der Waals surface area contributed by atoms with Gasteiger partial charge in [-0.15, -0.1) is 0 Å². The lowest BCUT2D eigenvalue weighted by Crippen LogP contribution is -2.41. The van der Waals surface area contributed by atoms with Crippen molar-refractivity contribution in [3.05, 3.63) is 54.1 Å². The predicted molar refractivity (Wildman–Crippen MR) is 110 cm³/mol. The largest absolute Gasteiger partial charge is 0.497 e. The zero-order valence-electron chi connectivity index (χ0n) is 17.1. The van der Waals surface area contributed by atoms with E-state index >= 15 is 0 Å². The fourth-order valence-corrected chi connectivity index (χ4v) is 2.37. The second kappa shape index (κ2) is 11.8. The van der Waals surface area contributed by atoms with E-state index in [-0.39, 0.29) is 12.8 Å². The number of benzene rings is 2. The monoisotopic (exact) mass is 429 g/mol. The molecule has 0 radical (unpaired) electrons. The first-order valence-corrected chi connectivity index (χ1v) is 9.24. The summed E-state index contributed by atoms with van der Waals surface area (Å²) in [4.78, 5) is 47.3. The van der Waals surface area contributed by atoms with Crippen LogP contribution in [0, 0.1) is 0 Å². The molecule has 0 aliphatic heterocycles. The molecule has 0 aliphatic rings. The Labute approximate surface area is 178 Å². The lowest BCUT2D eigenvalue weighted by molar-refractivity contribution is -0.148. The van der Waals surface area contributed by atoms with Crippen LogP contribution in [-0.4, -0.2) is 44.5 Å². The highest BCUT2D eigenvalue weighted by molar-refractivity contribution is 5.96. The SMILES string of the molecule is COc1ccc(NC(=O)COC(=O)CCC(=O)NNC(=O)c2ccccc2)c(OC)c1. The van der Waals surface area contributed by atoms with Gasteiger partial charge in [0.05, 0.1) is 26.3 Å². The Hall–Kier alpha value is -4.08. The molecule has 0 bridgehead atoms. The van der Waals surface area contributed by atoms with Gasteiger partial charge in [0, 0.05) is 18.1 Å². The van der Waals surface area contributed by atoms with Crippen molar-refractivity contribution in [1.29, 1.82) is 0 Å². The molecule has 164 valence electrons. The third kappa shape index (κ3) is 7.69. The molecular weight excluding hydrogens is 406 g/mol. The van der Waals surface area contributed by atoms with Gasteiger partial charge in [-0.25, -0.2) is 0 Å². The van der Waals surface area contributed by atoms with E-state index in [0.29, 0.717) is 22.7 Å². The summed E-state index contributed by atoms with van der Waals surface area (Å²) in [5.74, 6) is -1.43. The molecule has 3 amide bonds. The first-order valence-electron chi connectivity index (χ1n) is 9.24. The van der Waals surface area contributed by atoms with Crippen LogP contribution in [0.25, 0.3) is 0 Å². The molecule has 2 aromatic carbocycles. The summed E-state index contributed by atoms with van der Waals surface area (Å²) in [6.07, 6.45) is -0.478. The summed E-state index contributed by atoms with van der Waals surface area (Å²) in [5.41, 5.74) is 5.21. The Balaban J connectivity index is 1.69. The fraction of sp³-hybridized carbons (Fsp3) is 0.238. The van der Waals surface area contributed by atoms with Gasteiger partial charge >= 0.3 is 5.97 Å². The van der Waals surface area contributed by atoms with Crippen molar-refractivity contribution >= 4 is 29.4 Å². The molecule has 2 aromatic rings. The van der Waals surface area contributed by atoms with Gasteiger partial charge in [-0.3, -0.25) is 30.0 Å². The number of methoxy groups -OCH3 is 2. The number of carbonyl (C=O) groups is 4. The summed E-state index contributed by atoms with van der Waals surface area (Å²) in [6, 6.07) is 13.1. The van der Waals surface area contributed by atoms with E-state index in [1.165, 1.54) is 14.2 Å². The van der Waals surface area contributed by atoms with E-state index in [4.69, 9.17) is 14.2 Å². The second-order valence-electron chi connectivity index (χ2n) is 6.14. The molecule has 2 rings (SSSR count). The number of esters is 1. The van der Waals surface area contributed by atoms with Gasteiger partial charge < -0.3 is 19.5 Å². The number of hydrogen-bond acceptors (Lipinski definition) is 7. The maximum atomic E-state index is 12.0. The molecule has 0 atom stereocenters. The van der Waals surface area contributed by atoms with Crippen molar-refractivity contribution in [1.82, 2.24) is 10.9 Å². The first kappa shape index (κ1) is 23.2. The zero-order chi connectivity index (χ0) is 22.6. The van der Waals surface area contributed by atoms with Crippen molar-refractivity contribution in [3.8, 4) is 11.5 Å². The fourth-order valence-electron chi connectivity index (χ4n) is 2.37. The summed E-state index contributed by atoms with van der Waals surface area (Å²) in [6.45, 7) is -0.527. The topological polar surface area (TPSA) is 132 Å². The van der Waals surface area contributed by atoms with Crippen LogP contribution in [0.2, 0.25) is 0 Å². The molecule has 0 spiro atoms. The van der Waals surface area contributed by atoms with Crippen molar-refractivity contribution < 1.29 is 33.4 Å². The molecule has 3 N–H and O–H groups in total. The van der Waals surface area contributed by atoms with Gasteiger partial charge in [-0.05, 0) is 24.3 Å². The van der Waals surface area contributed by atoms with E-state index in [0.717, 1.165) is 0 Å². The zero-order valence-corrected chi connectivity index (χ0v) is 17.1. The van der Waals surface area contributed by atoms with Crippen LogP contribution >= 0.6 is 0 Å². The van der Waals surface area contributed by atoms with E-state index in [1.54, 1.807) is 48.5 Å². The highest BCUT2D eigenvalue weighted by Crippen LogP contribution is 2.28. The molecule has 0 unspecified atom stereocenters. The second-order valence-corrected chi connectivity index (χ2v) is 6.14. The van der Waals surface area contributed by atoms with Crippen molar-refractivity contribution in [2.24, 2.45) is 0 Å². The number of nitrogens with one attached hydrogen (secondary N) is 3. The van der Waals surface area contributed by atoms with Gasteiger partial charge in [0.15, 0.2) is 6.61 Å². The number of ether oxygens (including phenoxy) is 3. The van der Waals surface area contributed by atoms with Gasteiger partial charge in [0.25, 0.3) is 11.8 Å². The van der Waals surface area contributed by atoms with E-state index in [9.17, 15) is 19.2 Å². The van der Waals surface area contributed by atoms with Crippen LogP contribution in [0.3, 0.4) is 0 Å². The smallest absolute Gasteiger partial charge is 0.306 e.